The first-order valence-corrected chi connectivity index (χ1v) is 5.56. The minimum atomic E-state index is -0.00394. The van der Waals surface area contributed by atoms with Crippen molar-refractivity contribution in [1.29, 1.82) is 10.5 Å². The van der Waals surface area contributed by atoms with Crippen LogP contribution in [0.1, 0.15) is 44.0 Å². The van der Waals surface area contributed by atoms with E-state index in [2.05, 4.69) is 16.2 Å². The molecule has 82 valence electrons. The molecule has 0 radical (unpaired) electrons. The van der Waals surface area contributed by atoms with Gasteiger partial charge in [-0.05, 0) is 12.8 Å². The molecule has 0 aromatic carbocycles. The van der Waals surface area contributed by atoms with Crippen LogP contribution >= 0.6 is 0 Å². The molecule has 1 aromatic rings. The second kappa shape index (κ2) is 4.76. The van der Waals surface area contributed by atoms with Gasteiger partial charge >= 0.3 is 0 Å². The van der Waals surface area contributed by atoms with Gasteiger partial charge in [-0.15, -0.1) is 5.10 Å². The van der Waals surface area contributed by atoms with Crippen molar-refractivity contribution in [1.82, 2.24) is 14.8 Å². The first kappa shape index (κ1) is 10.6. The van der Waals surface area contributed by atoms with E-state index in [1.807, 2.05) is 6.07 Å². The third-order valence-corrected chi connectivity index (χ3v) is 3.09. The predicted molar refractivity (Wildman–Crippen MR) is 56.0 cm³/mol. The molecule has 1 heterocycles. The molecule has 0 bridgehead atoms. The molecule has 1 saturated carbocycles. The van der Waals surface area contributed by atoms with Crippen LogP contribution in [0, 0.1) is 28.6 Å². The van der Waals surface area contributed by atoms with Gasteiger partial charge in [0.1, 0.15) is 12.4 Å². The van der Waals surface area contributed by atoms with Gasteiger partial charge in [-0.25, -0.2) is 9.67 Å². The van der Waals surface area contributed by atoms with Crippen molar-refractivity contribution < 1.29 is 0 Å². The van der Waals surface area contributed by atoms with Crippen molar-refractivity contribution in [3.8, 4) is 12.1 Å². The van der Waals surface area contributed by atoms with Crippen molar-refractivity contribution in [3.05, 3.63) is 12.2 Å². The minimum absolute atomic E-state index is 0.00394. The fourth-order valence-corrected chi connectivity index (χ4v) is 2.24. The summed E-state index contributed by atoms with van der Waals surface area (Å²) in [4.78, 5) is 3.89. The molecule has 0 N–H and O–H groups in total. The lowest BCUT2D eigenvalue weighted by Gasteiger charge is -2.18. The van der Waals surface area contributed by atoms with Crippen molar-refractivity contribution in [2.24, 2.45) is 5.92 Å². The van der Waals surface area contributed by atoms with Gasteiger partial charge in [0.2, 0.25) is 0 Å². The Kier molecular flexibility index (Phi) is 3.16. The Morgan fingerprint density at radius 2 is 2.06 bits per heavy atom. The molecule has 1 aliphatic carbocycles. The molecule has 0 saturated heterocycles. The van der Waals surface area contributed by atoms with Gasteiger partial charge in [-0.3, -0.25) is 0 Å². The standard InChI is InChI=1S/C11H13N5/c12-6-9-4-2-1-3-5-10(9)16-8-14-11(7-13)15-16/h8-10H,1-5H2. The van der Waals surface area contributed by atoms with Crippen molar-refractivity contribution in [3.63, 3.8) is 0 Å². The van der Waals surface area contributed by atoms with E-state index in [0.717, 1.165) is 25.7 Å². The molecule has 5 nitrogen and oxygen atoms in total. The first-order chi connectivity index (χ1) is 7.85. The molecule has 16 heavy (non-hydrogen) atoms. The highest BCUT2D eigenvalue weighted by Crippen LogP contribution is 2.31. The van der Waals surface area contributed by atoms with Gasteiger partial charge in [0.25, 0.3) is 5.82 Å². The van der Waals surface area contributed by atoms with E-state index in [-0.39, 0.29) is 17.8 Å². The summed E-state index contributed by atoms with van der Waals surface area (Å²) in [6.07, 6.45) is 6.84. The second-order valence-corrected chi connectivity index (χ2v) is 4.10. The Labute approximate surface area is 94.3 Å². The molecule has 2 rings (SSSR count). The third kappa shape index (κ3) is 2.04. The van der Waals surface area contributed by atoms with Crippen LogP contribution in [-0.4, -0.2) is 14.8 Å². The van der Waals surface area contributed by atoms with Crippen LogP contribution in [0.2, 0.25) is 0 Å². The Balaban J connectivity index is 2.23. The SMILES string of the molecule is N#Cc1ncn(C2CCCCCC2C#N)n1. The molecule has 1 fully saturated rings. The summed E-state index contributed by atoms with van der Waals surface area (Å²) < 4.78 is 1.69. The smallest absolute Gasteiger partial charge is 0.247 e. The van der Waals surface area contributed by atoms with Gasteiger partial charge in [0.15, 0.2) is 0 Å². The predicted octanol–water partition coefficient (Wildman–Crippen LogP) is 1.79. The molecule has 1 aromatic heterocycles. The van der Waals surface area contributed by atoms with Crippen LogP contribution in [0.25, 0.3) is 0 Å². The van der Waals surface area contributed by atoms with Crippen LogP contribution in [0.3, 0.4) is 0 Å². The van der Waals surface area contributed by atoms with Gasteiger partial charge in [-0.1, -0.05) is 19.3 Å². The van der Waals surface area contributed by atoms with E-state index in [0.29, 0.717) is 0 Å². The average molecular weight is 215 g/mol. The molecule has 0 aliphatic heterocycles. The maximum Gasteiger partial charge on any atom is 0.252 e. The summed E-state index contributed by atoms with van der Waals surface area (Å²) >= 11 is 0. The second-order valence-electron chi connectivity index (χ2n) is 4.10. The Hall–Kier alpha value is -1.88. The first-order valence-electron chi connectivity index (χ1n) is 5.56. The summed E-state index contributed by atoms with van der Waals surface area (Å²) in [5.41, 5.74) is 0. The van der Waals surface area contributed by atoms with Gasteiger partial charge < -0.3 is 0 Å². The van der Waals surface area contributed by atoms with E-state index in [9.17, 15) is 0 Å². The highest BCUT2D eigenvalue weighted by atomic mass is 15.3. The molecule has 2 unspecified atom stereocenters. The number of hydrogen-bond acceptors (Lipinski definition) is 4. The van der Waals surface area contributed by atoms with Crippen LogP contribution in [0.5, 0.6) is 0 Å². The molecule has 5 heteroatoms. The minimum Gasteiger partial charge on any atom is -0.247 e. The summed E-state index contributed by atoms with van der Waals surface area (Å²) in [6.45, 7) is 0. The van der Waals surface area contributed by atoms with Crippen LogP contribution in [0.4, 0.5) is 0 Å². The summed E-state index contributed by atoms with van der Waals surface area (Å²) in [7, 11) is 0. The highest BCUT2D eigenvalue weighted by Gasteiger charge is 2.25. The lowest BCUT2D eigenvalue weighted by Crippen LogP contribution is -2.18. The molecular weight excluding hydrogens is 202 g/mol. The third-order valence-electron chi connectivity index (χ3n) is 3.09. The van der Waals surface area contributed by atoms with Crippen LogP contribution < -0.4 is 0 Å². The van der Waals surface area contributed by atoms with E-state index >= 15 is 0 Å². The largest absolute Gasteiger partial charge is 0.252 e. The maximum atomic E-state index is 9.14. The van der Waals surface area contributed by atoms with Gasteiger partial charge in [-0.2, -0.15) is 10.5 Å². The highest BCUT2D eigenvalue weighted by molar-refractivity contribution is 5.06. The number of hydrogen-bond donors (Lipinski definition) is 0. The Bertz CT molecular complexity index is 436. The zero-order valence-corrected chi connectivity index (χ0v) is 9.00. The molecular formula is C11H13N5. The fourth-order valence-electron chi connectivity index (χ4n) is 2.24. The number of aromatic nitrogens is 3. The lowest BCUT2D eigenvalue weighted by atomic mass is 9.97. The zero-order chi connectivity index (χ0) is 11.4. The summed E-state index contributed by atoms with van der Waals surface area (Å²) in [6, 6.07) is 4.34. The molecule has 0 amide bonds. The van der Waals surface area contributed by atoms with Gasteiger partial charge in [0.05, 0.1) is 18.0 Å². The number of rotatable bonds is 1. The molecule has 0 spiro atoms. The number of nitriles is 2. The summed E-state index contributed by atoms with van der Waals surface area (Å²) in [5.74, 6) is 0.177. The average Bonchev–Trinajstić information content (AvgIpc) is 2.66. The molecule has 2 atom stereocenters. The maximum absolute atomic E-state index is 9.14. The normalized spacial score (nSPS) is 25.4. The van der Waals surface area contributed by atoms with E-state index < -0.39 is 0 Å². The Morgan fingerprint density at radius 3 is 2.75 bits per heavy atom. The van der Waals surface area contributed by atoms with E-state index in [1.54, 1.807) is 11.0 Å². The van der Waals surface area contributed by atoms with Crippen molar-refractivity contribution >= 4 is 0 Å². The zero-order valence-electron chi connectivity index (χ0n) is 9.00. The fraction of sp³-hybridized carbons (Fsp3) is 0.636. The van der Waals surface area contributed by atoms with E-state index in [4.69, 9.17) is 10.5 Å². The number of nitrogens with zero attached hydrogens (tertiary/aromatic N) is 5. The summed E-state index contributed by atoms with van der Waals surface area (Å²) in [5, 5.41) is 21.9. The lowest BCUT2D eigenvalue weighted by molar-refractivity contribution is 0.342. The van der Waals surface area contributed by atoms with Crippen LogP contribution in [-0.2, 0) is 0 Å². The van der Waals surface area contributed by atoms with E-state index in [1.165, 1.54) is 6.42 Å². The Morgan fingerprint density at radius 1 is 1.25 bits per heavy atom. The van der Waals surface area contributed by atoms with Crippen LogP contribution in [0.15, 0.2) is 6.33 Å². The van der Waals surface area contributed by atoms with Gasteiger partial charge in [0, 0.05) is 0 Å². The van der Waals surface area contributed by atoms with Crippen molar-refractivity contribution in [2.45, 2.75) is 38.1 Å². The topological polar surface area (TPSA) is 78.3 Å². The van der Waals surface area contributed by atoms with Crippen molar-refractivity contribution in [2.75, 3.05) is 0 Å². The monoisotopic (exact) mass is 215 g/mol. The quantitative estimate of drug-likeness (QED) is 0.669. The molecule has 1 aliphatic rings.